The second-order valence-corrected chi connectivity index (χ2v) is 5.91. The average molecular weight is 218 g/mol. The lowest BCUT2D eigenvalue weighted by Crippen LogP contribution is -2.28. The summed E-state index contributed by atoms with van der Waals surface area (Å²) in [5.74, 6) is 0.942. The third-order valence-electron chi connectivity index (χ3n) is 4.56. The van der Waals surface area contributed by atoms with Gasteiger partial charge in [-0.2, -0.15) is 0 Å². The molecule has 0 spiro atoms. The van der Waals surface area contributed by atoms with Gasteiger partial charge in [0, 0.05) is 0 Å². The lowest BCUT2D eigenvalue weighted by Gasteiger charge is -2.39. The highest BCUT2D eigenvalue weighted by atomic mass is 14.4. The number of rotatable bonds is 3. The van der Waals surface area contributed by atoms with Gasteiger partial charge in [0.25, 0.3) is 0 Å². The maximum Gasteiger partial charge on any atom is -0.00804 e. The first-order valence-electron chi connectivity index (χ1n) is 7.13. The van der Waals surface area contributed by atoms with Gasteiger partial charge in [-0.1, -0.05) is 63.3 Å². The van der Waals surface area contributed by atoms with Gasteiger partial charge in [0.15, 0.2) is 0 Å². The predicted molar refractivity (Wildman–Crippen MR) is 71.4 cm³/mol. The van der Waals surface area contributed by atoms with E-state index in [-0.39, 0.29) is 0 Å². The van der Waals surface area contributed by atoms with E-state index in [0.29, 0.717) is 5.41 Å². The van der Waals surface area contributed by atoms with Gasteiger partial charge in [0.2, 0.25) is 0 Å². The average Bonchev–Trinajstić information content (AvgIpc) is 2.34. The highest BCUT2D eigenvalue weighted by Crippen LogP contribution is 2.44. The molecule has 0 nitrogen and oxygen atoms in total. The SMILES string of the molecule is CCCC1=CCC(C)(C2CCCCC2)C=C1. The molecule has 0 aromatic carbocycles. The van der Waals surface area contributed by atoms with Crippen LogP contribution in [0, 0.1) is 11.3 Å². The Balaban J connectivity index is 1.98. The van der Waals surface area contributed by atoms with Crippen LogP contribution in [-0.2, 0) is 0 Å². The smallest absolute Gasteiger partial charge is 0.00804 e. The van der Waals surface area contributed by atoms with Gasteiger partial charge in [0.05, 0.1) is 0 Å². The lowest BCUT2D eigenvalue weighted by atomic mass is 9.66. The van der Waals surface area contributed by atoms with E-state index in [1.807, 2.05) is 0 Å². The van der Waals surface area contributed by atoms with Crippen LogP contribution in [0.3, 0.4) is 0 Å². The second-order valence-electron chi connectivity index (χ2n) is 5.91. The van der Waals surface area contributed by atoms with E-state index in [1.54, 1.807) is 5.57 Å². The van der Waals surface area contributed by atoms with Gasteiger partial charge in [-0.3, -0.25) is 0 Å². The fraction of sp³-hybridized carbons (Fsp3) is 0.750. The van der Waals surface area contributed by atoms with Crippen LogP contribution in [-0.4, -0.2) is 0 Å². The number of hydrogen-bond acceptors (Lipinski definition) is 0. The molecule has 0 aromatic heterocycles. The second kappa shape index (κ2) is 5.21. The highest BCUT2D eigenvalue weighted by molar-refractivity contribution is 5.26. The first-order valence-corrected chi connectivity index (χ1v) is 7.13. The van der Waals surface area contributed by atoms with E-state index in [4.69, 9.17) is 0 Å². The molecule has 1 saturated carbocycles. The van der Waals surface area contributed by atoms with Crippen LogP contribution < -0.4 is 0 Å². The van der Waals surface area contributed by atoms with Gasteiger partial charge in [-0.25, -0.2) is 0 Å². The predicted octanol–water partition coefficient (Wildman–Crippen LogP) is 5.26. The Kier molecular flexibility index (Phi) is 3.89. The Morgan fingerprint density at radius 1 is 1.25 bits per heavy atom. The van der Waals surface area contributed by atoms with Crippen LogP contribution >= 0.6 is 0 Å². The molecule has 0 aromatic rings. The Hall–Kier alpha value is -0.520. The van der Waals surface area contributed by atoms with Gasteiger partial charge in [0.1, 0.15) is 0 Å². The molecule has 16 heavy (non-hydrogen) atoms. The summed E-state index contributed by atoms with van der Waals surface area (Å²) in [6.45, 7) is 4.74. The molecule has 0 amide bonds. The third-order valence-corrected chi connectivity index (χ3v) is 4.56. The van der Waals surface area contributed by atoms with Crippen molar-refractivity contribution < 1.29 is 0 Å². The minimum absolute atomic E-state index is 0.470. The summed E-state index contributed by atoms with van der Waals surface area (Å²) in [7, 11) is 0. The van der Waals surface area contributed by atoms with Crippen LogP contribution in [0.15, 0.2) is 23.8 Å². The molecule has 90 valence electrons. The first kappa shape index (κ1) is 12.0. The van der Waals surface area contributed by atoms with Crippen molar-refractivity contribution in [2.75, 3.05) is 0 Å². The van der Waals surface area contributed by atoms with Crippen molar-refractivity contribution in [3.8, 4) is 0 Å². The van der Waals surface area contributed by atoms with Gasteiger partial charge < -0.3 is 0 Å². The molecule has 0 bridgehead atoms. The molecule has 2 aliphatic rings. The summed E-state index contributed by atoms with van der Waals surface area (Å²) in [4.78, 5) is 0. The van der Waals surface area contributed by atoms with Crippen molar-refractivity contribution >= 4 is 0 Å². The molecular weight excluding hydrogens is 192 g/mol. The Morgan fingerprint density at radius 2 is 2.00 bits per heavy atom. The summed E-state index contributed by atoms with van der Waals surface area (Å²) in [6.07, 6.45) is 18.5. The molecule has 0 saturated heterocycles. The molecule has 1 unspecified atom stereocenters. The van der Waals surface area contributed by atoms with Crippen molar-refractivity contribution in [2.24, 2.45) is 11.3 Å². The molecule has 0 N–H and O–H groups in total. The Morgan fingerprint density at radius 3 is 2.56 bits per heavy atom. The van der Waals surface area contributed by atoms with Crippen molar-refractivity contribution in [2.45, 2.75) is 65.2 Å². The van der Waals surface area contributed by atoms with Gasteiger partial charge in [-0.15, -0.1) is 0 Å². The Bertz CT molecular complexity index is 278. The number of hydrogen-bond donors (Lipinski definition) is 0. The zero-order chi connectivity index (χ0) is 11.4. The molecular formula is C16H26. The van der Waals surface area contributed by atoms with Crippen LogP contribution in [0.4, 0.5) is 0 Å². The summed E-state index contributed by atoms with van der Waals surface area (Å²) in [5, 5.41) is 0. The van der Waals surface area contributed by atoms with Crippen LogP contribution in [0.25, 0.3) is 0 Å². The summed E-state index contributed by atoms with van der Waals surface area (Å²) >= 11 is 0. The van der Waals surface area contributed by atoms with Crippen molar-refractivity contribution in [3.63, 3.8) is 0 Å². The first-order chi connectivity index (χ1) is 7.74. The quantitative estimate of drug-likeness (QED) is 0.606. The topological polar surface area (TPSA) is 0 Å². The van der Waals surface area contributed by atoms with Crippen LogP contribution in [0.2, 0.25) is 0 Å². The molecule has 0 heteroatoms. The monoisotopic (exact) mass is 218 g/mol. The summed E-state index contributed by atoms with van der Waals surface area (Å²) in [6, 6.07) is 0. The van der Waals surface area contributed by atoms with Crippen LogP contribution in [0.5, 0.6) is 0 Å². The minimum atomic E-state index is 0.470. The van der Waals surface area contributed by atoms with Crippen molar-refractivity contribution in [1.82, 2.24) is 0 Å². The third kappa shape index (κ3) is 2.59. The molecule has 0 radical (unpaired) electrons. The fourth-order valence-corrected chi connectivity index (χ4v) is 3.32. The largest absolute Gasteiger partial charge is 0.0805 e. The standard InChI is InChI=1S/C16H26/c1-3-7-14-10-12-16(2,13-11-14)15-8-5-4-6-9-15/h10-12,15H,3-9,13H2,1-2H3. The lowest BCUT2D eigenvalue weighted by molar-refractivity contribution is 0.190. The van der Waals surface area contributed by atoms with E-state index in [2.05, 4.69) is 32.1 Å². The van der Waals surface area contributed by atoms with E-state index < -0.39 is 0 Å². The zero-order valence-corrected chi connectivity index (χ0v) is 11.0. The van der Waals surface area contributed by atoms with E-state index >= 15 is 0 Å². The number of allylic oxidation sites excluding steroid dienone is 4. The highest BCUT2D eigenvalue weighted by Gasteiger charge is 2.32. The summed E-state index contributed by atoms with van der Waals surface area (Å²) in [5.41, 5.74) is 2.04. The maximum atomic E-state index is 2.52. The van der Waals surface area contributed by atoms with Gasteiger partial charge in [-0.05, 0) is 37.0 Å². The molecule has 2 aliphatic carbocycles. The van der Waals surface area contributed by atoms with Crippen LogP contribution in [0.1, 0.15) is 65.2 Å². The molecule has 2 rings (SSSR count). The molecule has 0 heterocycles. The van der Waals surface area contributed by atoms with Crippen molar-refractivity contribution in [3.05, 3.63) is 23.8 Å². The van der Waals surface area contributed by atoms with Crippen molar-refractivity contribution in [1.29, 1.82) is 0 Å². The molecule has 1 atom stereocenters. The zero-order valence-electron chi connectivity index (χ0n) is 11.0. The Labute approximate surface area is 101 Å². The minimum Gasteiger partial charge on any atom is -0.0805 e. The van der Waals surface area contributed by atoms with Gasteiger partial charge >= 0.3 is 0 Å². The molecule has 1 fully saturated rings. The maximum absolute atomic E-state index is 2.52. The summed E-state index contributed by atoms with van der Waals surface area (Å²) < 4.78 is 0. The normalized spacial score (nSPS) is 31.5. The van der Waals surface area contributed by atoms with E-state index in [1.165, 1.54) is 51.4 Å². The van der Waals surface area contributed by atoms with E-state index in [9.17, 15) is 0 Å². The molecule has 0 aliphatic heterocycles. The van der Waals surface area contributed by atoms with E-state index in [0.717, 1.165) is 5.92 Å². The fourth-order valence-electron chi connectivity index (χ4n) is 3.32.